The zero-order valence-electron chi connectivity index (χ0n) is 10.4. The molecule has 1 heterocycles. The molecule has 1 aromatic rings. The van der Waals surface area contributed by atoms with E-state index in [9.17, 15) is 13.2 Å². The van der Waals surface area contributed by atoms with Crippen molar-refractivity contribution in [3.63, 3.8) is 0 Å². The van der Waals surface area contributed by atoms with Crippen LogP contribution < -0.4 is 5.73 Å². The number of hydrogen-bond donors (Lipinski definition) is 1. The molecule has 1 aromatic carbocycles. The van der Waals surface area contributed by atoms with Gasteiger partial charge in [0.2, 0.25) is 0 Å². The van der Waals surface area contributed by atoms with E-state index in [2.05, 4.69) is 0 Å². The van der Waals surface area contributed by atoms with E-state index in [1.807, 2.05) is 18.2 Å². The molecule has 5 nitrogen and oxygen atoms in total. The molecule has 0 aliphatic carbocycles. The van der Waals surface area contributed by atoms with Gasteiger partial charge in [0, 0.05) is 12.2 Å². The van der Waals surface area contributed by atoms with Gasteiger partial charge in [0.05, 0.1) is 0 Å². The third-order valence-corrected chi connectivity index (χ3v) is 5.71. The van der Waals surface area contributed by atoms with Gasteiger partial charge < -0.3 is 5.73 Å². The van der Waals surface area contributed by atoms with Crippen molar-refractivity contribution in [2.75, 3.05) is 12.3 Å². The molecule has 0 spiro atoms. The van der Waals surface area contributed by atoms with Crippen LogP contribution in [0, 0.1) is 0 Å². The van der Waals surface area contributed by atoms with Crippen LogP contribution in [-0.4, -0.2) is 29.9 Å². The van der Waals surface area contributed by atoms with Gasteiger partial charge >= 0.3 is 0 Å². The van der Waals surface area contributed by atoms with Gasteiger partial charge in [-0.1, -0.05) is 18.2 Å². The molecular weight excluding hydrogens is 252 g/mol. The van der Waals surface area contributed by atoms with Gasteiger partial charge in [0.1, 0.15) is 0 Å². The Balaban J connectivity index is 2.10. The summed E-state index contributed by atoms with van der Waals surface area (Å²) in [5.41, 5.74) is 7.23. The molecule has 0 bridgehead atoms. The standard InChI is InChI=1S/C12H16N2O3S/c1-12(2)11(15)14(18(12,16)17)8-7-9-5-3-4-6-10(9)13/h3-6H,7-8,13H2,1-2H3. The first-order valence-corrected chi connectivity index (χ1v) is 7.12. The molecule has 0 saturated carbocycles. The summed E-state index contributed by atoms with van der Waals surface area (Å²) in [5, 5.41) is 0. The number of nitrogen functional groups attached to an aromatic ring is 1. The highest BCUT2D eigenvalue weighted by Gasteiger charge is 2.59. The summed E-state index contributed by atoms with van der Waals surface area (Å²) in [7, 11) is -3.49. The SMILES string of the molecule is CC1(C)C(=O)N(CCc2ccccc2N)S1(=O)=O. The molecule has 0 unspecified atom stereocenters. The number of sulfonamides is 1. The minimum Gasteiger partial charge on any atom is -0.399 e. The topological polar surface area (TPSA) is 80.5 Å². The Kier molecular flexibility index (Phi) is 2.85. The number of para-hydroxylation sites is 1. The summed E-state index contributed by atoms with van der Waals surface area (Å²) >= 11 is 0. The summed E-state index contributed by atoms with van der Waals surface area (Å²) in [6.45, 7) is 3.01. The molecule has 0 atom stereocenters. The van der Waals surface area contributed by atoms with Gasteiger partial charge in [0.25, 0.3) is 15.9 Å². The van der Waals surface area contributed by atoms with Crippen LogP contribution in [0.3, 0.4) is 0 Å². The fourth-order valence-electron chi connectivity index (χ4n) is 1.96. The number of benzene rings is 1. The van der Waals surface area contributed by atoms with Crippen molar-refractivity contribution in [3.05, 3.63) is 29.8 Å². The number of anilines is 1. The zero-order chi connectivity index (χ0) is 13.6. The Morgan fingerprint density at radius 2 is 1.89 bits per heavy atom. The summed E-state index contributed by atoms with van der Waals surface area (Å²) < 4.78 is 23.4. The van der Waals surface area contributed by atoms with Crippen LogP contribution in [-0.2, 0) is 21.2 Å². The predicted octanol–water partition coefficient (Wildman–Crippen LogP) is 0.762. The maximum Gasteiger partial charge on any atom is 0.258 e. The Bertz CT molecular complexity index is 593. The molecule has 1 amide bonds. The summed E-state index contributed by atoms with van der Waals surface area (Å²) in [6, 6.07) is 7.23. The van der Waals surface area contributed by atoms with Crippen molar-refractivity contribution in [2.24, 2.45) is 0 Å². The van der Waals surface area contributed by atoms with E-state index in [0.717, 1.165) is 9.87 Å². The fraction of sp³-hybridized carbons (Fsp3) is 0.417. The van der Waals surface area contributed by atoms with E-state index < -0.39 is 14.8 Å². The van der Waals surface area contributed by atoms with Crippen LogP contribution in [0.5, 0.6) is 0 Å². The van der Waals surface area contributed by atoms with E-state index in [0.29, 0.717) is 12.1 Å². The number of carbonyl (C=O) groups excluding carboxylic acids is 1. The highest BCUT2D eigenvalue weighted by atomic mass is 32.2. The lowest BCUT2D eigenvalue weighted by Crippen LogP contribution is -2.67. The molecule has 0 aromatic heterocycles. The normalized spacial score (nSPS) is 20.6. The lowest BCUT2D eigenvalue weighted by molar-refractivity contribution is -0.132. The van der Waals surface area contributed by atoms with Crippen LogP contribution in [0.15, 0.2) is 24.3 Å². The molecule has 2 rings (SSSR count). The molecular formula is C12H16N2O3S. The van der Waals surface area contributed by atoms with Gasteiger partial charge in [-0.05, 0) is 31.9 Å². The monoisotopic (exact) mass is 268 g/mol. The van der Waals surface area contributed by atoms with Crippen molar-refractivity contribution in [2.45, 2.75) is 25.0 Å². The highest BCUT2D eigenvalue weighted by Crippen LogP contribution is 2.34. The van der Waals surface area contributed by atoms with Gasteiger partial charge in [0.15, 0.2) is 4.75 Å². The fourth-order valence-corrected chi connectivity index (χ4v) is 3.49. The third-order valence-electron chi connectivity index (χ3n) is 3.32. The second kappa shape index (κ2) is 3.98. The Labute approximate surface area is 107 Å². The number of carbonyl (C=O) groups is 1. The first kappa shape index (κ1) is 12.9. The van der Waals surface area contributed by atoms with Crippen molar-refractivity contribution in [3.8, 4) is 0 Å². The van der Waals surface area contributed by atoms with E-state index in [1.165, 1.54) is 13.8 Å². The lowest BCUT2D eigenvalue weighted by Gasteiger charge is -2.43. The number of nitrogens with two attached hydrogens (primary N) is 1. The van der Waals surface area contributed by atoms with Gasteiger partial charge in [-0.15, -0.1) is 0 Å². The molecule has 1 aliphatic heterocycles. The quantitative estimate of drug-likeness (QED) is 0.821. The highest BCUT2D eigenvalue weighted by molar-refractivity contribution is 7.94. The van der Waals surface area contributed by atoms with Gasteiger partial charge in [-0.2, -0.15) is 0 Å². The average molecular weight is 268 g/mol. The number of nitrogens with zero attached hydrogens (tertiary/aromatic N) is 1. The van der Waals surface area contributed by atoms with Crippen LogP contribution in [0.2, 0.25) is 0 Å². The minimum atomic E-state index is -3.49. The first-order valence-electron chi connectivity index (χ1n) is 5.68. The summed E-state index contributed by atoms with van der Waals surface area (Å²) in [6.07, 6.45) is 0.438. The van der Waals surface area contributed by atoms with Gasteiger partial charge in [-0.3, -0.25) is 4.79 Å². The largest absolute Gasteiger partial charge is 0.399 e. The molecule has 2 N–H and O–H groups in total. The van der Waals surface area contributed by atoms with Crippen LogP contribution in [0.4, 0.5) is 5.69 Å². The molecule has 1 aliphatic rings. The van der Waals surface area contributed by atoms with Crippen LogP contribution in [0.25, 0.3) is 0 Å². The summed E-state index contributed by atoms with van der Waals surface area (Å²) in [5.74, 6) is -0.350. The lowest BCUT2D eigenvalue weighted by atomic mass is 10.1. The second-order valence-electron chi connectivity index (χ2n) is 4.84. The molecule has 6 heteroatoms. The van der Waals surface area contributed by atoms with Crippen molar-refractivity contribution < 1.29 is 13.2 Å². The molecule has 1 saturated heterocycles. The second-order valence-corrected chi connectivity index (χ2v) is 7.25. The molecule has 1 fully saturated rings. The maximum absolute atomic E-state index is 11.9. The number of hydrogen-bond acceptors (Lipinski definition) is 4. The molecule has 18 heavy (non-hydrogen) atoms. The zero-order valence-corrected chi connectivity index (χ0v) is 11.2. The van der Waals surface area contributed by atoms with Gasteiger partial charge in [-0.25, -0.2) is 12.7 Å². The molecule has 98 valence electrons. The Morgan fingerprint density at radius 1 is 1.28 bits per heavy atom. The van der Waals surface area contributed by atoms with E-state index in [1.54, 1.807) is 6.07 Å². The smallest absolute Gasteiger partial charge is 0.258 e. The predicted molar refractivity (Wildman–Crippen MR) is 69.3 cm³/mol. The third kappa shape index (κ3) is 1.68. The van der Waals surface area contributed by atoms with Crippen LogP contribution in [0.1, 0.15) is 19.4 Å². The summed E-state index contributed by atoms with van der Waals surface area (Å²) in [4.78, 5) is 11.7. The van der Waals surface area contributed by atoms with E-state index >= 15 is 0 Å². The number of amides is 1. The Hall–Kier alpha value is -1.56. The van der Waals surface area contributed by atoms with Crippen LogP contribution >= 0.6 is 0 Å². The maximum atomic E-state index is 11.9. The van der Waals surface area contributed by atoms with Crippen molar-refractivity contribution in [1.82, 2.24) is 4.31 Å². The number of rotatable bonds is 3. The minimum absolute atomic E-state index is 0.152. The van der Waals surface area contributed by atoms with Crippen molar-refractivity contribution >= 4 is 21.6 Å². The van der Waals surface area contributed by atoms with E-state index in [4.69, 9.17) is 5.73 Å². The molecule has 0 radical (unpaired) electrons. The average Bonchev–Trinajstić information content (AvgIpc) is 2.30. The Morgan fingerprint density at radius 3 is 2.44 bits per heavy atom. The first-order chi connectivity index (χ1) is 8.28. The van der Waals surface area contributed by atoms with Crippen molar-refractivity contribution in [1.29, 1.82) is 0 Å². The van der Waals surface area contributed by atoms with E-state index in [-0.39, 0.29) is 12.5 Å².